The molecule has 0 fully saturated rings. The van der Waals surface area contributed by atoms with Crippen LogP contribution in [-0.2, 0) is 16.0 Å². The van der Waals surface area contributed by atoms with E-state index in [1.54, 1.807) is 41.1 Å². The van der Waals surface area contributed by atoms with Crippen LogP contribution in [0.25, 0.3) is 0 Å². The van der Waals surface area contributed by atoms with Crippen molar-refractivity contribution in [3.63, 3.8) is 0 Å². The minimum atomic E-state index is -0.550. The van der Waals surface area contributed by atoms with Crippen molar-refractivity contribution < 1.29 is 28.5 Å². The number of hydrogen-bond acceptors (Lipinski definition) is 6. The van der Waals surface area contributed by atoms with Gasteiger partial charge in [-0.2, -0.15) is 0 Å². The Hall–Kier alpha value is -2.64. The van der Waals surface area contributed by atoms with Crippen LogP contribution in [0.5, 0.6) is 17.2 Å². The molecule has 0 unspecified atom stereocenters. The number of aryl methyl sites for hydroxylation is 1. The average molecular weight is 382 g/mol. The number of amides is 2. The Bertz CT molecular complexity index is 640. The molecule has 1 rings (SSSR count). The summed E-state index contributed by atoms with van der Waals surface area (Å²) in [6.07, 6.45) is 0.249. The van der Waals surface area contributed by atoms with Crippen molar-refractivity contribution in [1.29, 1.82) is 0 Å². The summed E-state index contributed by atoms with van der Waals surface area (Å²) in [4.78, 5) is 23.5. The molecule has 0 atom stereocenters. The van der Waals surface area contributed by atoms with Crippen LogP contribution in [0.15, 0.2) is 12.1 Å². The smallest absolute Gasteiger partial charge is 0.407 e. The molecule has 1 aromatic carbocycles. The van der Waals surface area contributed by atoms with Gasteiger partial charge in [0.25, 0.3) is 0 Å². The fourth-order valence-electron chi connectivity index (χ4n) is 2.38. The van der Waals surface area contributed by atoms with Crippen molar-refractivity contribution >= 4 is 12.0 Å². The van der Waals surface area contributed by atoms with Gasteiger partial charge in [-0.05, 0) is 38.8 Å². The number of carbonyl (C=O) groups excluding carboxylic acids is 2. The second-order valence-electron chi connectivity index (χ2n) is 6.77. The number of carbonyl (C=O) groups is 2. The molecule has 0 saturated carbocycles. The van der Waals surface area contributed by atoms with E-state index < -0.39 is 11.7 Å². The third-order valence-electron chi connectivity index (χ3n) is 3.52. The molecule has 152 valence electrons. The van der Waals surface area contributed by atoms with Crippen LogP contribution in [0.1, 0.15) is 32.8 Å². The van der Waals surface area contributed by atoms with E-state index in [-0.39, 0.29) is 12.3 Å². The van der Waals surface area contributed by atoms with Gasteiger partial charge in [-0.1, -0.05) is 6.07 Å². The SMILES string of the molecule is COc1ccc(CCC(=O)NCCNC(=O)OC(C)(C)C)c(OC)c1OC. The molecular weight excluding hydrogens is 352 g/mol. The van der Waals surface area contributed by atoms with E-state index in [0.29, 0.717) is 36.8 Å². The maximum atomic E-state index is 12.0. The molecule has 8 heteroatoms. The quantitative estimate of drug-likeness (QED) is 0.636. The predicted octanol–water partition coefficient (Wildman–Crippen LogP) is 2.29. The minimum Gasteiger partial charge on any atom is -0.493 e. The number of hydrogen-bond donors (Lipinski definition) is 2. The number of benzene rings is 1. The number of alkyl carbamates (subject to hydrolysis) is 1. The molecule has 0 heterocycles. The molecule has 0 radical (unpaired) electrons. The average Bonchev–Trinajstić information content (AvgIpc) is 2.60. The zero-order valence-electron chi connectivity index (χ0n) is 16.9. The molecule has 2 N–H and O–H groups in total. The lowest BCUT2D eigenvalue weighted by Crippen LogP contribution is -2.37. The van der Waals surface area contributed by atoms with Gasteiger partial charge in [-0.15, -0.1) is 0 Å². The lowest BCUT2D eigenvalue weighted by atomic mass is 10.1. The maximum absolute atomic E-state index is 12.0. The van der Waals surface area contributed by atoms with E-state index >= 15 is 0 Å². The molecule has 0 saturated heterocycles. The highest BCUT2D eigenvalue weighted by molar-refractivity contribution is 5.76. The molecule has 27 heavy (non-hydrogen) atoms. The molecule has 0 aliphatic heterocycles. The zero-order valence-corrected chi connectivity index (χ0v) is 16.9. The van der Waals surface area contributed by atoms with Gasteiger partial charge in [0.15, 0.2) is 11.5 Å². The number of rotatable bonds is 9. The van der Waals surface area contributed by atoms with E-state index in [1.165, 1.54) is 7.11 Å². The number of ether oxygens (including phenoxy) is 4. The molecule has 8 nitrogen and oxygen atoms in total. The number of methoxy groups -OCH3 is 3. The molecule has 0 spiro atoms. The highest BCUT2D eigenvalue weighted by Gasteiger charge is 2.17. The first-order chi connectivity index (χ1) is 12.7. The molecule has 0 aromatic heterocycles. The summed E-state index contributed by atoms with van der Waals surface area (Å²) < 4.78 is 21.1. The summed E-state index contributed by atoms with van der Waals surface area (Å²) in [7, 11) is 4.63. The standard InChI is InChI=1S/C19H30N2O6/c1-19(2,3)27-18(23)21-12-11-20-15(22)10-8-13-7-9-14(24-4)17(26-6)16(13)25-5/h7,9H,8,10-12H2,1-6H3,(H,20,22)(H,21,23). The van der Waals surface area contributed by atoms with Crippen LogP contribution < -0.4 is 24.8 Å². The van der Waals surface area contributed by atoms with Gasteiger partial charge in [0.2, 0.25) is 11.7 Å². The van der Waals surface area contributed by atoms with E-state index in [9.17, 15) is 9.59 Å². The van der Waals surface area contributed by atoms with Crippen LogP contribution in [0, 0.1) is 0 Å². The Labute approximate surface area is 160 Å². The van der Waals surface area contributed by atoms with Crippen LogP contribution >= 0.6 is 0 Å². The molecule has 2 amide bonds. The normalized spacial score (nSPS) is 10.7. The van der Waals surface area contributed by atoms with E-state index in [0.717, 1.165) is 5.56 Å². The molecular formula is C19H30N2O6. The zero-order chi connectivity index (χ0) is 20.4. The van der Waals surface area contributed by atoms with Crippen LogP contribution in [-0.4, -0.2) is 52.0 Å². The third kappa shape index (κ3) is 7.64. The lowest BCUT2D eigenvalue weighted by molar-refractivity contribution is -0.121. The largest absolute Gasteiger partial charge is 0.493 e. The fourth-order valence-corrected chi connectivity index (χ4v) is 2.38. The predicted molar refractivity (Wildman–Crippen MR) is 102 cm³/mol. The van der Waals surface area contributed by atoms with Gasteiger partial charge in [0, 0.05) is 19.5 Å². The maximum Gasteiger partial charge on any atom is 0.407 e. The summed E-state index contributed by atoms with van der Waals surface area (Å²) in [6, 6.07) is 3.62. The minimum absolute atomic E-state index is 0.127. The first kappa shape index (κ1) is 22.4. The lowest BCUT2D eigenvalue weighted by Gasteiger charge is -2.19. The van der Waals surface area contributed by atoms with Gasteiger partial charge in [0.05, 0.1) is 21.3 Å². The van der Waals surface area contributed by atoms with Crippen molar-refractivity contribution in [3.05, 3.63) is 17.7 Å². The van der Waals surface area contributed by atoms with Crippen LogP contribution in [0.3, 0.4) is 0 Å². The molecule has 0 aliphatic rings. The van der Waals surface area contributed by atoms with Crippen molar-refractivity contribution in [2.45, 2.75) is 39.2 Å². The summed E-state index contributed by atoms with van der Waals surface area (Å²) in [6.45, 7) is 5.98. The molecule has 1 aromatic rings. The third-order valence-corrected chi connectivity index (χ3v) is 3.52. The highest BCUT2D eigenvalue weighted by Crippen LogP contribution is 2.40. The van der Waals surface area contributed by atoms with Gasteiger partial charge >= 0.3 is 6.09 Å². The summed E-state index contributed by atoms with van der Waals surface area (Å²) >= 11 is 0. The van der Waals surface area contributed by atoms with E-state index in [2.05, 4.69) is 10.6 Å². The van der Waals surface area contributed by atoms with Crippen molar-refractivity contribution in [1.82, 2.24) is 10.6 Å². The molecule has 0 aliphatic carbocycles. The number of nitrogens with one attached hydrogen (secondary N) is 2. The fraction of sp³-hybridized carbons (Fsp3) is 0.579. The van der Waals surface area contributed by atoms with Crippen molar-refractivity contribution in [3.8, 4) is 17.2 Å². The van der Waals surface area contributed by atoms with Crippen LogP contribution in [0.2, 0.25) is 0 Å². The van der Waals surface area contributed by atoms with Gasteiger partial charge < -0.3 is 29.6 Å². The Kier molecular flexibility index (Phi) is 8.71. The summed E-state index contributed by atoms with van der Waals surface area (Å²) in [5.41, 5.74) is 0.295. The van der Waals surface area contributed by atoms with Crippen LogP contribution in [0.4, 0.5) is 4.79 Å². The summed E-state index contributed by atoms with van der Waals surface area (Å²) in [5.74, 6) is 1.49. The molecule has 0 bridgehead atoms. The van der Waals surface area contributed by atoms with Gasteiger partial charge in [0.1, 0.15) is 5.60 Å². The monoisotopic (exact) mass is 382 g/mol. The first-order valence-electron chi connectivity index (χ1n) is 8.73. The van der Waals surface area contributed by atoms with Crippen molar-refractivity contribution in [2.75, 3.05) is 34.4 Å². The Morgan fingerprint density at radius 1 is 0.926 bits per heavy atom. The highest BCUT2D eigenvalue weighted by atomic mass is 16.6. The van der Waals surface area contributed by atoms with E-state index in [4.69, 9.17) is 18.9 Å². The summed E-state index contributed by atoms with van der Waals surface area (Å²) in [5, 5.41) is 5.34. The van der Waals surface area contributed by atoms with Crippen molar-refractivity contribution in [2.24, 2.45) is 0 Å². The van der Waals surface area contributed by atoms with E-state index in [1.807, 2.05) is 6.07 Å². The first-order valence-corrected chi connectivity index (χ1v) is 8.73. The topological polar surface area (TPSA) is 95.1 Å². The second-order valence-corrected chi connectivity index (χ2v) is 6.77. The van der Waals surface area contributed by atoms with Gasteiger partial charge in [-0.3, -0.25) is 4.79 Å². The Morgan fingerprint density at radius 2 is 1.56 bits per heavy atom. The second kappa shape index (κ2) is 10.5. The Balaban J connectivity index is 2.46. The Morgan fingerprint density at radius 3 is 2.11 bits per heavy atom. The van der Waals surface area contributed by atoms with Gasteiger partial charge in [-0.25, -0.2) is 4.79 Å².